The number of nitrogens with two attached hydrogens (primary N) is 2. The molecule has 0 aliphatic heterocycles. The number of alkyl halides is 3. The van der Waals surface area contributed by atoms with E-state index in [4.69, 9.17) is 15.3 Å². The monoisotopic (exact) mass is 429 g/mol. The number of anilines is 2. The van der Waals surface area contributed by atoms with Crippen molar-refractivity contribution < 1.29 is 33.0 Å². The lowest BCUT2D eigenvalue weighted by Gasteiger charge is -2.14. The van der Waals surface area contributed by atoms with Gasteiger partial charge in [0.25, 0.3) is 0 Å². The van der Waals surface area contributed by atoms with Gasteiger partial charge in [0, 0.05) is 12.6 Å². The van der Waals surface area contributed by atoms with Crippen LogP contribution >= 0.6 is 0 Å². The lowest BCUT2D eigenvalue weighted by Crippen LogP contribution is -2.76. The highest BCUT2D eigenvalue weighted by molar-refractivity contribution is 5.91. The van der Waals surface area contributed by atoms with Crippen LogP contribution in [-0.4, -0.2) is 26.8 Å². The zero-order chi connectivity index (χ0) is 22.7. The molecule has 166 valence electrons. The normalized spacial score (nSPS) is 10.6. The molecule has 2 aromatic rings. The molecule has 0 saturated carbocycles. The van der Waals surface area contributed by atoms with Gasteiger partial charge in [-0.15, -0.1) is 0 Å². The quantitative estimate of drug-likeness (QED) is 0.400. The zero-order valence-electron chi connectivity index (χ0n) is 17.4. The van der Waals surface area contributed by atoms with Crippen molar-refractivity contribution in [2.75, 3.05) is 31.8 Å². The second kappa shape index (κ2) is 11.9. The largest absolute Gasteiger partial charge is 0.495 e. The van der Waals surface area contributed by atoms with E-state index in [1.54, 1.807) is 6.07 Å². The van der Waals surface area contributed by atoms with Gasteiger partial charge in [-0.1, -0.05) is 19.9 Å². The maximum absolute atomic E-state index is 12.9. The molecule has 0 atom stereocenters. The Kier molecular flexibility index (Phi) is 9.93. The Hall–Kier alpha value is -2.98. The van der Waals surface area contributed by atoms with Gasteiger partial charge in [0.15, 0.2) is 5.69 Å². The fourth-order valence-corrected chi connectivity index (χ4v) is 2.48. The van der Waals surface area contributed by atoms with Crippen LogP contribution in [0.4, 0.5) is 35.0 Å². The number of nitrogens with one attached hydrogen (secondary N) is 2. The topological polar surface area (TPSA) is 102 Å². The Morgan fingerprint density at radius 1 is 1.13 bits per heavy atom. The molecule has 0 saturated heterocycles. The van der Waals surface area contributed by atoms with E-state index in [0.29, 0.717) is 12.1 Å². The number of amides is 2. The maximum atomic E-state index is 12.9. The number of quaternary nitrogens is 1. The van der Waals surface area contributed by atoms with E-state index in [1.807, 2.05) is 26.0 Å². The molecule has 6 N–H and O–H groups in total. The van der Waals surface area contributed by atoms with Gasteiger partial charge < -0.3 is 21.1 Å². The number of halogens is 3. The molecule has 0 aliphatic carbocycles. The molecule has 2 amide bonds. The summed E-state index contributed by atoms with van der Waals surface area (Å²) in [5.41, 5.74) is 8.58. The number of carbonyl (C=O) groups is 1. The van der Waals surface area contributed by atoms with Crippen LogP contribution in [-0.2, 0) is 17.4 Å². The first-order valence-corrected chi connectivity index (χ1v) is 9.29. The highest BCUT2D eigenvalue weighted by atomic mass is 19.4. The predicted octanol–water partition coefficient (Wildman–Crippen LogP) is 3.44. The average Bonchev–Trinajstić information content (AvgIpc) is 2.71. The van der Waals surface area contributed by atoms with Gasteiger partial charge in [-0.2, -0.15) is 18.7 Å². The van der Waals surface area contributed by atoms with Gasteiger partial charge in [-0.25, -0.2) is 9.63 Å². The second-order valence-corrected chi connectivity index (χ2v) is 5.86. The fraction of sp³-hybridized carbons (Fsp3) is 0.350. The van der Waals surface area contributed by atoms with E-state index in [0.717, 1.165) is 29.4 Å². The van der Waals surface area contributed by atoms with Crippen molar-refractivity contribution in [1.82, 2.24) is 5.32 Å². The molecule has 0 bridgehead atoms. The van der Waals surface area contributed by atoms with E-state index in [1.165, 1.54) is 19.7 Å². The molecule has 2 aromatic carbocycles. The van der Waals surface area contributed by atoms with Crippen LogP contribution in [0.25, 0.3) is 0 Å². The van der Waals surface area contributed by atoms with Crippen molar-refractivity contribution in [3.05, 3.63) is 47.5 Å². The summed E-state index contributed by atoms with van der Waals surface area (Å²) >= 11 is 0. The lowest BCUT2D eigenvalue weighted by molar-refractivity contribution is -0.829. The summed E-state index contributed by atoms with van der Waals surface area (Å²) in [6.45, 7) is 4.27. The van der Waals surface area contributed by atoms with Crippen LogP contribution in [0, 0.1) is 0 Å². The highest BCUT2D eigenvalue weighted by Gasteiger charge is 2.31. The van der Waals surface area contributed by atoms with Gasteiger partial charge in [0.2, 0.25) is 0 Å². The Morgan fingerprint density at radius 3 is 2.43 bits per heavy atom. The number of rotatable bonds is 7. The molecular weight excluding hydrogens is 401 g/mol. The molecule has 0 aromatic heterocycles. The van der Waals surface area contributed by atoms with E-state index in [-0.39, 0.29) is 18.0 Å². The molecule has 0 heterocycles. The highest BCUT2D eigenvalue weighted by Crippen LogP contribution is 2.34. The number of carbonyl (C=O) groups excluding carboxylic acids is 1. The molecule has 0 aliphatic rings. The third-order valence-corrected chi connectivity index (χ3v) is 3.87. The van der Waals surface area contributed by atoms with Crippen LogP contribution in [0.5, 0.6) is 5.75 Å². The maximum Gasteiger partial charge on any atom is 0.416 e. The van der Waals surface area contributed by atoms with E-state index in [2.05, 4.69) is 10.6 Å². The number of urea groups is 1. The first kappa shape index (κ1) is 25.1. The van der Waals surface area contributed by atoms with E-state index in [9.17, 15) is 18.0 Å². The smallest absolute Gasteiger partial charge is 0.416 e. The van der Waals surface area contributed by atoms with Crippen LogP contribution in [0.2, 0.25) is 0 Å². The summed E-state index contributed by atoms with van der Waals surface area (Å²) in [7, 11) is 2.82. The summed E-state index contributed by atoms with van der Waals surface area (Å²) in [5.74, 6) is 0.126. The van der Waals surface area contributed by atoms with E-state index >= 15 is 0 Å². The van der Waals surface area contributed by atoms with Gasteiger partial charge in [-0.05, 0) is 36.2 Å². The van der Waals surface area contributed by atoms with Crippen molar-refractivity contribution in [3.8, 4) is 5.75 Å². The SMILES string of the molecule is CC.CO[NH2+]c1cc(CCNC(=O)Nc2cc(C(F)(F)F)ccc2OC)ccc1N. The number of hydrogen-bond donors (Lipinski definition) is 4. The fourth-order valence-electron chi connectivity index (χ4n) is 2.48. The van der Waals surface area contributed by atoms with E-state index < -0.39 is 17.8 Å². The summed E-state index contributed by atoms with van der Waals surface area (Å²) in [6, 6.07) is 7.60. The first-order chi connectivity index (χ1) is 14.2. The molecule has 0 unspecified atom stereocenters. The van der Waals surface area contributed by atoms with Gasteiger partial charge in [0.1, 0.15) is 5.75 Å². The Morgan fingerprint density at radius 2 is 1.83 bits per heavy atom. The Balaban J connectivity index is 0.00000218. The molecule has 0 fully saturated rings. The van der Waals surface area contributed by atoms with Crippen LogP contribution in [0.15, 0.2) is 36.4 Å². The van der Waals surface area contributed by atoms with Crippen molar-refractivity contribution in [3.63, 3.8) is 0 Å². The Bertz CT molecular complexity index is 829. The van der Waals surface area contributed by atoms with Gasteiger partial charge in [-0.3, -0.25) is 0 Å². The van der Waals surface area contributed by atoms with Crippen molar-refractivity contribution in [1.29, 1.82) is 0 Å². The van der Waals surface area contributed by atoms with Crippen molar-refractivity contribution in [2.45, 2.75) is 26.4 Å². The number of hydrogen-bond acceptors (Lipinski definition) is 4. The summed E-state index contributed by atoms with van der Waals surface area (Å²) in [5, 5.41) is 4.98. The van der Waals surface area contributed by atoms with Crippen LogP contribution < -0.4 is 26.6 Å². The number of nitrogen functional groups attached to an aromatic ring is 1. The zero-order valence-corrected chi connectivity index (χ0v) is 17.4. The summed E-state index contributed by atoms with van der Waals surface area (Å²) < 4.78 is 43.6. The minimum absolute atomic E-state index is 0.0701. The molecule has 10 heteroatoms. The van der Waals surface area contributed by atoms with Gasteiger partial charge in [0.05, 0.1) is 31.2 Å². The molecule has 30 heavy (non-hydrogen) atoms. The molecule has 2 rings (SSSR count). The molecule has 0 radical (unpaired) electrons. The first-order valence-electron chi connectivity index (χ1n) is 9.29. The molecule has 0 spiro atoms. The molecule has 7 nitrogen and oxygen atoms in total. The number of methoxy groups -OCH3 is 1. The minimum Gasteiger partial charge on any atom is -0.495 e. The summed E-state index contributed by atoms with van der Waals surface area (Å²) in [4.78, 5) is 17.0. The van der Waals surface area contributed by atoms with Crippen LogP contribution in [0.1, 0.15) is 25.0 Å². The summed E-state index contributed by atoms with van der Waals surface area (Å²) in [6.07, 6.45) is -4.02. The standard InChI is InChI=1S/C18H21F3N4O3.C2H6/c1-27-16-6-4-12(18(19,20)21)10-15(16)24-17(26)23-8-7-11-3-5-13(22)14(9-11)25-28-2;1-2/h3-6,9-10,25H,7-8,22H2,1-2H3,(H2,23,24,26);1-2H3/p+1. The van der Waals surface area contributed by atoms with Gasteiger partial charge >= 0.3 is 12.2 Å². The minimum atomic E-state index is -4.52. The average molecular weight is 429 g/mol. The lowest BCUT2D eigenvalue weighted by atomic mass is 10.1. The third-order valence-electron chi connectivity index (χ3n) is 3.87. The number of ether oxygens (including phenoxy) is 1. The second-order valence-electron chi connectivity index (χ2n) is 5.86. The number of benzene rings is 2. The van der Waals surface area contributed by atoms with Crippen LogP contribution in [0.3, 0.4) is 0 Å². The Labute approximate surface area is 173 Å². The predicted molar refractivity (Wildman–Crippen MR) is 110 cm³/mol. The van der Waals surface area contributed by atoms with Crippen molar-refractivity contribution >= 4 is 23.1 Å². The van der Waals surface area contributed by atoms with Crippen molar-refractivity contribution in [2.24, 2.45) is 0 Å². The molecular formula is C20H28F3N4O3+. The third kappa shape index (κ3) is 7.45.